The highest BCUT2D eigenvalue weighted by Gasteiger charge is 2.42. The van der Waals surface area contributed by atoms with E-state index in [-0.39, 0.29) is 18.6 Å². The normalized spacial score (nSPS) is 33.4. The number of benzene rings is 1. The average molecular weight is 231 g/mol. The predicted molar refractivity (Wildman–Crippen MR) is 69.2 cm³/mol. The standard InChI is InChI=1S/C11H15B2NO3/c12-10(16)6-8(15)7-11(13,14-10)17-9-4-2-1-3-5-9/h1-5,14,16H,6-7,12-13H2. The Hall–Kier alpha value is -1.26. The molecule has 0 radical (unpaired) electrons. The van der Waals surface area contributed by atoms with Crippen molar-refractivity contribution in [2.75, 3.05) is 0 Å². The van der Waals surface area contributed by atoms with Gasteiger partial charge in [0, 0.05) is 6.42 Å². The van der Waals surface area contributed by atoms with Crippen LogP contribution in [0.4, 0.5) is 0 Å². The monoisotopic (exact) mass is 231 g/mol. The van der Waals surface area contributed by atoms with Crippen molar-refractivity contribution in [1.82, 2.24) is 5.32 Å². The highest BCUT2D eigenvalue weighted by molar-refractivity contribution is 6.20. The van der Waals surface area contributed by atoms with E-state index in [9.17, 15) is 9.90 Å². The number of para-hydroxylation sites is 1. The van der Waals surface area contributed by atoms with Gasteiger partial charge in [-0.1, -0.05) is 18.2 Å². The van der Waals surface area contributed by atoms with E-state index in [1.807, 2.05) is 30.3 Å². The van der Waals surface area contributed by atoms with Gasteiger partial charge in [0.05, 0.1) is 12.0 Å². The molecule has 88 valence electrons. The lowest BCUT2D eigenvalue weighted by Crippen LogP contribution is -2.67. The first-order chi connectivity index (χ1) is 7.89. The topological polar surface area (TPSA) is 58.6 Å². The first kappa shape index (κ1) is 12.2. The van der Waals surface area contributed by atoms with Crippen LogP contribution < -0.4 is 10.1 Å². The molecule has 1 aliphatic rings. The number of nitrogens with one attached hydrogen (secondary N) is 1. The van der Waals surface area contributed by atoms with E-state index >= 15 is 0 Å². The molecule has 2 rings (SSSR count). The van der Waals surface area contributed by atoms with Gasteiger partial charge in [0.25, 0.3) is 0 Å². The minimum Gasteiger partial charge on any atom is -0.482 e. The number of carbonyl (C=O) groups is 1. The second-order valence-electron chi connectivity index (χ2n) is 4.94. The van der Waals surface area contributed by atoms with E-state index in [0.29, 0.717) is 5.75 Å². The van der Waals surface area contributed by atoms with E-state index in [4.69, 9.17) is 4.74 Å². The van der Waals surface area contributed by atoms with Crippen LogP contribution in [0.5, 0.6) is 5.75 Å². The Balaban J connectivity index is 2.16. The van der Waals surface area contributed by atoms with Crippen LogP contribution in [0.1, 0.15) is 12.8 Å². The summed E-state index contributed by atoms with van der Waals surface area (Å²) in [6.07, 6.45) is 0.360. The van der Waals surface area contributed by atoms with Crippen LogP contribution >= 0.6 is 0 Å². The number of hydrogen-bond donors (Lipinski definition) is 2. The Morgan fingerprint density at radius 3 is 2.47 bits per heavy atom. The molecule has 0 aromatic heterocycles. The molecule has 6 heteroatoms. The molecule has 0 amide bonds. The summed E-state index contributed by atoms with van der Waals surface area (Å²) in [5.74, 6) is 0.667. The third-order valence-corrected chi connectivity index (χ3v) is 2.70. The highest BCUT2D eigenvalue weighted by Crippen LogP contribution is 2.24. The average Bonchev–Trinajstić information content (AvgIpc) is 2.13. The maximum atomic E-state index is 11.6. The summed E-state index contributed by atoms with van der Waals surface area (Å²) in [5, 5.41) is 12.9. The fourth-order valence-corrected chi connectivity index (χ4v) is 2.29. The Bertz CT molecular complexity index is 424. The van der Waals surface area contributed by atoms with Gasteiger partial charge in [0.15, 0.2) is 15.7 Å². The van der Waals surface area contributed by atoms with Gasteiger partial charge in [-0.3, -0.25) is 10.1 Å². The summed E-state index contributed by atoms with van der Waals surface area (Å²) in [6.45, 7) is 0. The van der Waals surface area contributed by atoms with Crippen LogP contribution in [0.25, 0.3) is 0 Å². The van der Waals surface area contributed by atoms with Crippen LogP contribution in [-0.2, 0) is 4.79 Å². The minimum absolute atomic E-state index is 0.00724. The zero-order valence-electron chi connectivity index (χ0n) is 10.1. The smallest absolute Gasteiger partial charge is 0.179 e. The molecule has 1 aliphatic heterocycles. The van der Waals surface area contributed by atoms with Gasteiger partial charge in [-0.25, -0.2) is 0 Å². The van der Waals surface area contributed by atoms with E-state index in [0.717, 1.165) is 0 Å². The first-order valence-corrected chi connectivity index (χ1v) is 5.66. The second-order valence-corrected chi connectivity index (χ2v) is 4.94. The van der Waals surface area contributed by atoms with Gasteiger partial charge in [0.2, 0.25) is 0 Å². The molecular weight excluding hydrogens is 216 g/mol. The quantitative estimate of drug-likeness (QED) is 0.613. The third kappa shape index (κ3) is 3.11. The molecule has 0 aliphatic carbocycles. The molecule has 0 spiro atoms. The number of ketones is 1. The molecule has 1 saturated heterocycles. The molecule has 0 bridgehead atoms. The van der Waals surface area contributed by atoms with Crippen LogP contribution in [0.2, 0.25) is 0 Å². The number of carbonyl (C=O) groups excluding carboxylic acids is 1. The molecule has 0 saturated carbocycles. The van der Waals surface area contributed by atoms with Crippen molar-refractivity contribution in [3.63, 3.8) is 0 Å². The molecule has 1 aromatic rings. The van der Waals surface area contributed by atoms with E-state index < -0.39 is 11.2 Å². The van der Waals surface area contributed by atoms with Gasteiger partial charge in [-0.2, -0.15) is 0 Å². The van der Waals surface area contributed by atoms with Crippen molar-refractivity contribution in [2.24, 2.45) is 0 Å². The fourth-order valence-electron chi connectivity index (χ4n) is 2.29. The predicted octanol–water partition coefficient (Wildman–Crippen LogP) is -1.42. The summed E-state index contributed by atoms with van der Waals surface area (Å²) >= 11 is 0. The Labute approximate surface area is 102 Å². The molecule has 1 fully saturated rings. The summed E-state index contributed by atoms with van der Waals surface area (Å²) in [5.41, 5.74) is -2.07. The molecule has 2 N–H and O–H groups in total. The SMILES string of the molecule is BC1(O)CC(=O)CC(B)(Oc2ccccc2)N1. The van der Waals surface area contributed by atoms with Gasteiger partial charge in [0.1, 0.15) is 17.2 Å². The number of Topliss-reactive ketones (excluding diaryl/α,β-unsaturated/α-hetero) is 1. The van der Waals surface area contributed by atoms with Crippen molar-refractivity contribution >= 4 is 21.5 Å². The molecule has 2 unspecified atom stereocenters. The number of hydrogen-bond acceptors (Lipinski definition) is 4. The van der Waals surface area contributed by atoms with Gasteiger partial charge < -0.3 is 9.84 Å². The largest absolute Gasteiger partial charge is 0.482 e. The fraction of sp³-hybridized carbons (Fsp3) is 0.364. The van der Waals surface area contributed by atoms with Crippen LogP contribution in [0.15, 0.2) is 30.3 Å². The summed E-state index contributed by atoms with van der Waals surface area (Å²) in [7, 11) is 3.35. The Kier molecular flexibility index (Phi) is 3.01. The number of rotatable bonds is 2. The van der Waals surface area contributed by atoms with Crippen molar-refractivity contribution < 1.29 is 14.6 Å². The number of aliphatic hydroxyl groups is 1. The maximum absolute atomic E-state index is 11.6. The molecular formula is C11H15B2NO3. The summed E-state index contributed by atoms with van der Waals surface area (Å²) < 4.78 is 5.76. The lowest BCUT2D eigenvalue weighted by atomic mass is 9.73. The lowest BCUT2D eigenvalue weighted by Gasteiger charge is -2.42. The van der Waals surface area contributed by atoms with Gasteiger partial charge in [-0.05, 0) is 12.1 Å². The van der Waals surface area contributed by atoms with Crippen LogP contribution in [0, 0.1) is 0 Å². The molecule has 1 heterocycles. The second kappa shape index (κ2) is 4.20. The van der Waals surface area contributed by atoms with Crippen molar-refractivity contribution in [1.29, 1.82) is 0 Å². The molecule has 1 aromatic carbocycles. The minimum atomic E-state index is -1.21. The van der Waals surface area contributed by atoms with Crippen molar-refractivity contribution in [3.05, 3.63) is 30.3 Å². The lowest BCUT2D eigenvalue weighted by molar-refractivity contribution is -0.133. The highest BCUT2D eigenvalue weighted by atomic mass is 16.5. The van der Waals surface area contributed by atoms with Crippen LogP contribution in [0.3, 0.4) is 0 Å². The molecule has 17 heavy (non-hydrogen) atoms. The van der Waals surface area contributed by atoms with Crippen molar-refractivity contribution in [3.8, 4) is 5.75 Å². The van der Waals surface area contributed by atoms with Crippen molar-refractivity contribution in [2.45, 2.75) is 24.1 Å². The van der Waals surface area contributed by atoms with E-state index in [2.05, 4.69) is 5.32 Å². The van der Waals surface area contributed by atoms with Gasteiger partial charge >= 0.3 is 0 Å². The van der Waals surface area contributed by atoms with E-state index in [1.165, 1.54) is 0 Å². The third-order valence-electron chi connectivity index (χ3n) is 2.70. The Morgan fingerprint density at radius 1 is 1.24 bits per heavy atom. The zero-order chi connectivity index (χ0) is 12.5. The molecule has 4 nitrogen and oxygen atoms in total. The summed E-state index contributed by atoms with van der Waals surface area (Å²) in [4.78, 5) is 11.6. The maximum Gasteiger partial charge on any atom is 0.179 e. The first-order valence-electron chi connectivity index (χ1n) is 5.66. The van der Waals surface area contributed by atoms with Gasteiger partial charge in [-0.15, -0.1) is 0 Å². The number of ether oxygens (including phenoxy) is 1. The molecule has 2 atom stereocenters. The zero-order valence-corrected chi connectivity index (χ0v) is 10.1. The van der Waals surface area contributed by atoms with E-state index in [1.54, 1.807) is 15.7 Å². The summed E-state index contributed by atoms with van der Waals surface area (Å²) in [6, 6.07) is 9.26. The Morgan fingerprint density at radius 2 is 1.88 bits per heavy atom. The van der Waals surface area contributed by atoms with Crippen LogP contribution in [-0.4, -0.2) is 37.8 Å². The number of piperidine rings is 1.